The van der Waals surface area contributed by atoms with Crippen LogP contribution < -0.4 is 5.73 Å². The second kappa shape index (κ2) is 4.65. The number of ether oxygens (including phenoxy) is 1. The summed E-state index contributed by atoms with van der Waals surface area (Å²) in [5.74, 6) is 1.02. The number of nitrogens with two attached hydrogens (primary N) is 1. The highest BCUT2D eigenvalue weighted by atomic mass is 16.5. The molecule has 1 fully saturated rings. The van der Waals surface area contributed by atoms with Gasteiger partial charge >= 0.3 is 0 Å². The van der Waals surface area contributed by atoms with E-state index in [4.69, 9.17) is 15.0 Å². The highest BCUT2D eigenvalue weighted by molar-refractivity contribution is 5.94. The largest absolute Gasteiger partial charge is 0.379 e. The van der Waals surface area contributed by atoms with Crippen LogP contribution >= 0.6 is 0 Å². The van der Waals surface area contributed by atoms with Gasteiger partial charge in [-0.1, -0.05) is 47.6 Å². The molecule has 0 saturated carbocycles. The van der Waals surface area contributed by atoms with Crippen LogP contribution in [0.15, 0.2) is 47.0 Å². The van der Waals surface area contributed by atoms with Gasteiger partial charge in [-0.25, -0.2) is 0 Å². The van der Waals surface area contributed by atoms with E-state index in [0.29, 0.717) is 31.3 Å². The summed E-state index contributed by atoms with van der Waals surface area (Å²) >= 11 is 0. The Kier molecular flexibility index (Phi) is 2.77. The van der Waals surface area contributed by atoms with E-state index in [-0.39, 0.29) is 0 Å². The van der Waals surface area contributed by atoms with Crippen molar-refractivity contribution >= 4 is 10.8 Å². The molecule has 1 aromatic heterocycles. The summed E-state index contributed by atoms with van der Waals surface area (Å²) in [5, 5.41) is 6.35. The minimum atomic E-state index is -0.657. The van der Waals surface area contributed by atoms with E-state index in [9.17, 15) is 0 Å². The molecular formula is C16H15N3O2. The number of hydrogen-bond donors (Lipinski definition) is 1. The lowest BCUT2D eigenvalue weighted by molar-refractivity contribution is 0.166. The van der Waals surface area contributed by atoms with Crippen molar-refractivity contribution in [2.24, 2.45) is 5.73 Å². The highest BCUT2D eigenvalue weighted by Gasteiger charge is 2.38. The molecule has 1 aliphatic heterocycles. The Morgan fingerprint density at radius 2 is 1.95 bits per heavy atom. The van der Waals surface area contributed by atoms with E-state index < -0.39 is 5.54 Å². The first kappa shape index (κ1) is 12.5. The van der Waals surface area contributed by atoms with Crippen molar-refractivity contribution in [2.75, 3.05) is 13.2 Å². The zero-order valence-electron chi connectivity index (χ0n) is 11.5. The fourth-order valence-electron chi connectivity index (χ4n) is 2.70. The van der Waals surface area contributed by atoms with Crippen LogP contribution in [-0.4, -0.2) is 23.4 Å². The summed E-state index contributed by atoms with van der Waals surface area (Å²) in [6.45, 7) is 1.05. The lowest BCUT2D eigenvalue weighted by Gasteiger charge is -2.15. The minimum absolute atomic E-state index is 0.421. The van der Waals surface area contributed by atoms with Crippen molar-refractivity contribution in [3.63, 3.8) is 0 Å². The monoisotopic (exact) mass is 281 g/mol. The number of fused-ring (bicyclic) bond motifs is 1. The second-order valence-corrected chi connectivity index (χ2v) is 5.41. The van der Waals surface area contributed by atoms with Crippen molar-refractivity contribution in [3.05, 3.63) is 48.4 Å². The third kappa shape index (κ3) is 2.02. The number of hydrogen-bond acceptors (Lipinski definition) is 5. The van der Waals surface area contributed by atoms with Gasteiger partial charge in [-0.15, -0.1) is 0 Å². The Morgan fingerprint density at radius 3 is 2.81 bits per heavy atom. The summed E-state index contributed by atoms with van der Waals surface area (Å²) in [5.41, 5.74) is 6.56. The van der Waals surface area contributed by atoms with Gasteiger partial charge < -0.3 is 15.0 Å². The molecular weight excluding hydrogens is 266 g/mol. The molecule has 1 atom stereocenters. The van der Waals surface area contributed by atoms with Gasteiger partial charge in [0.2, 0.25) is 11.7 Å². The lowest BCUT2D eigenvalue weighted by Crippen LogP contribution is -2.37. The SMILES string of the molecule is NC1(c2nc(-c3cccc4ccccc34)no2)CCOC1. The van der Waals surface area contributed by atoms with Gasteiger partial charge in [0.1, 0.15) is 5.54 Å². The molecule has 1 unspecified atom stereocenters. The smallest absolute Gasteiger partial charge is 0.249 e. The summed E-state index contributed by atoms with van der Waals surface area (Å²) in [6, 6.07) is 14.2. The average molecular weight is 281 g/mol. The standard InChI is InChI=1S/C16H15N3O2/c17-16(8-9-20-10-16)15-18-14(19-21-15)13-7-3-5-11-4-1-2-6-12(11)13/h1-7H,8-10,17H2. The van der Waals surface area contributed by atoms with E-state index >= 15 is 0 Å². The molecule has 1 saturated heterocycles. The van der Waals surface area contributed by atoms with Crippen LogP contribution in [-0.2, 0) is 10.3 Å². The molecule has 2 aromatic carbocycles. The number of benzene rings is 2. The van der Waals surface area contributed by atoms with Gasteiger partial charge in [-0.05, 0) is 17.2 Å². The van der Waals surface area contributed by atoms with Gasteiger partial charge in [0.15, 0.2) is 0 Å². The first-order valence-corrected chi connectivity index (χ1v) is 6.95. The molecule has 106 valence electrons. The number of rotatable bonds is 2. The summed E-state index contributed by atoms with van der Waals surface area (Å²) in [4.78, 5) is 4.50. The maximum Gasteiger partial charge on any atom is 0.249 e. The Labute approximate surface area is 121 Å². The Hall–Kier alpha value is -2.24. The predicted molar refractivity (Wildman–Crippen MR) is 78.5 cm³/mol. The molecule has 0 spiro atoms. The Balaban J connectivity index is 1.81. The van der Waals surface area contributed by atoms with E-state index in [1.807, 2.05) is 24.3 Å². The van der Waals surface area contributed by atoms with E-state index in [1.165, 1.54) is 0 Å². The third-order valence-corrected chi connectivity index (χ3v) is 3.93. The van der Waals surface area contributed by atoms with Crippen LogP contribution in [0.4, 0.5) is 0 Å². The van der Waals surface area contributed by atoms with Gasteiger partial charge in [-0.2, -0.15) is 4.98 Å². The van der Waals surface area contributed by atoms with E-state index in [2.05, 4.69) is 28.3 Å². The van der Waals surface area contributed by atoms with Crippen LogP contribution in [0.1, 0.15) is 12.3 Å². The molecule has 0 bridgehead atoms. The molecule has 5 heteroatoms. The van der Waals surface area contributed by atoms with Gasteiger partial charge in [0.05, 0.1) is 6.61 Å². The molecule has 2 N–H and O–H groups in total. The molecule has 5 nitrogen and oxygen atoms in total. The topological polar surface area (TPSA) is 74.2 Å². The Morgan fingerprint density at radius 1 is 1.10 bits per heavy atom. The quantitative estimate of drug-likeness (QED) is 0.781. The molecule has 0 amide bonds. The molecule has 2 heterocycles. The minimum Gasteiger partial charge on any atom is -0.379 e. The van der Waals surface area contributed by atoms with E-state index in [0.717, 1.165) is 16.3 Å². The summed E-state index contributed by atoms with van der Waals surface area (Å²) in [7, 11) is 0. The molecule has 0 aliphatic carbocycles. The summed E-state index contributed by atoms with van der Waals surface area (Å²) in [6.07, 6.45) is 0.699. The molecule has 4 rings (SSSR count). The fourth-order valence-corrected chi connectivity index (χ4v) is 2.70. The summed E-state index contributed by atoms with van der Waals surface area (Å²) < 4.78 is 10.7. The van der Waals surface area contributed by atoms with Crippen molar-refractivity contribution in [3.8, 4) is 11.4 Å². The maximum atomic E-state index is 6.26. The predicted octanol–water partition coefficient (Wildman–Crippen LogP) is 2.46. The zero-order chi connectivity index (χ0) is 14.3. The number of aromatic nitrogens is 2. The number of nitrogens with zero attached hydrogens (tertiary/aromatic N) is 2. The van der Waals surface area contributed by atoms with E-state index in [1.54, 1.807) is 0 Å². The molecule has 0 radical (unpaired) electrons. The maximum absolute atomic E-state index is 6.26. The lowest BCUT2D eigenvalue weighted by atomic mass is 10.0. The van der Waals surface area contributed by atoms with Crippen LogP contribution in [0.2, 0.25) is 0 Å². The third-order valence-electron chi connectivity index (χ3n) is 3.93. The second-order valence-electron chi connectivity index (χ2n) is 5.41. The molecule has 1 aliphatic rings. The van der Waals surface area contributed by atoms with Gasteiger partial charge in [0.25, 0.3) is 0 Å². The van der Waals surface area contributed by atoms with Crippen LogP contribution in [0.3, 0.4) is 0 Å². The van der Waals surface area contributed by atoms with Crippen molar-refractivity contribution < 1.29 is 9.26 Å². The van der Waals surface area contributed by atoms with Gasteiger partial charge in [0, 0.05) is 12.2 Å². The fraction of sp³-hybridized carbons (Fsp3) is 0.250. The molecule has 21 heavy (non-hydrogen) atoms. The first-order chi connectivity index (χ1) is 10.3. The van der Waals surface area contributed by atoms with Crippen molar-refractivity contribution in [1.29, 1.82) is 0 Å². The Bertz CT molecular complexity index is 786. The van der Waals surface area contributed by atoms with Crippen LogP contribution in [0.25, 0.3) is 22.2 Å². The first-order valence-electron chi connectivity index (χ1n) is 6.95. The highest BCUT2D eigenvalue weighted by Crippen LogP contribution is 2.30. The van der Waals surface area contributed by atoms with Crippen molar-refractivity contribution in [1.82, 2.24) is 10.1 Å². The van der Waals surface area contributed by atoms with Crippen LogP contribution in [0, 0.1) is 0 Å². The van der Waals surface area contributed by atoms with Crippen molar-refractivity contribution in [2.45, 2.75) is 12.0 Å². The van der Waals surface area contributed by atoms with Gasteiger partial charge in [-0.3, -0.25) is 0 Å². The zero-order valence-corrected chi connectivity index (χ0v) is 11.5. The normalized spacial score (nSPS) is 22.0. The van der Waals surface area contributed by atoms with Crippen LogP contribution in [0.5, 0.6) is 0 Å². The average Bonchev–Trinajstić information content (AvgIpc) is 3.16. The molecule has 3 aromatic rings.